The van der Waals surface area contributed by atoms with E-state index in [0.29, 0.717) is 12.3 Å². The van der Waals surface area contributed by atoms with Crippen molar-refractivity contribution in [1.29, 1.82) is 0 Å². The molecule has 3 aromatic heterocycles. The van der Waals surface area contributed by atoms with Crippen LogP contribution in [0.2, 0.25) is 0 Å². The molecule has 1 fully saturated rings. The zero-order valence-corrected chi connectivity index (χ0v) is 20.9. The summed E-state index contributed by atoms with van der Waals surface area (Å²) < 4.78 is 11.1. The molecule has 1 saturated heterocycles. The molecule has 1 aliphatic heterocycles. The highest BCUT2D eigenvalue weighted by Gasteiger charge is 2.26. The van der Waals surface area contributed by atoms with Crippen LogP contribution >= 0.6 is 11.3 Å². The molecule has 0 spiro atoms. The molecular weight excluding hydrogens is 438 g/mol. The van der Waals surface area contributed by atoms with Gasteiger partial charge in [0.25, 0.3) is 0 Å². The average molecular weight is 470 g/mol. The molecule has 0 radical (unpaired) electrons. The van der Waals surface area contributed by atoms with Crippen molar-refractivity contribution in [3.8, 4) is 10.4 Å². The Morgan fingerprint density at radius 1 is 1.12 bits per heavy atom. The molecule has 0 unspecified atom stereocenters. The van der Waals surface area contributed by atoms with E-state index in [1.807, 2.05) is 27.7 Å². The van der Waals surface area contributed by atoms with Gasteiger partial charge in [-0.2, -0.15) is 0 Å². The number of nitrogens with one attached hydrogen (secondary N) is 1. The number of carbonyl (C=O) groups excluding carboxylic acids is 1. The normalized spacial score (nSPS) is 18.5. The zero-order chi connectivity index (χ0) is 23.7. The van der Waals surface area contributed by atoms with Gasteiger partial charge in [-0.1, -0.05) is 16.5 Å². The minimum atomic E-state index is -0.0828. The molecule has 4 rings (SSSR count). The Morgan fingerprint density at radius 2 is 1.79 bits per heavy atom. The van der Waals surface area contributed by atoms with Gasteiger partial charge in [-0.15, -0.1) is 0 Å². The molecule has 8 nitrogen and oxygen atoms in total. The standard InChI is InChI=1S/C24H31N5O3S/c1-13-7-19(8-14(2)26-13)23-21(10-25-22(30)9-20-17(5)28-32-18(20)6)27-24(33-23)29-11-15(3)31-16(4)12-29/h7-8,15-16H,9-12H2,1-6H3,(H,25,30)/t15-,16+. The highest BCUT2D eigenvalue weighted by atomic mass is 32.1. The fraction of sp³-hybridized carbons (Fsp3) is 0.500. The van der Waals surface area contributed by atoms with E-state index in [0.717, 1.165) is 57.0 Å². The van der Waals surface area contributed by atoms with E-state index in [1.54, 1.807) is 11.3 Å². The molecule has 176 valence electrons. The van der Waals surface area contributed by atoms with E-state index < -0.39 is 0 Å². The van der Waals surface area contributed by atoms with Crippen LogP contribution in [-0.2, 0) is 22.5 Å². The fourth-order valence-corrected chi connectivity index (χ4v) is 5.37. The van der Waals surface area contributed by atoms with E-state index >= 15 is 0 Å². The minimum absolute atomic E-state index is 0.0828. The summed E-state index contributed by atoms with van der Waals surface area (Å²) >= 11 is 1.66. The molecule has 33 heavy (non-hydrogen) atoms. The van der Waals surface area contributed by atoms with Gasteiger partial charge in [-0.25, -0.2) is 4.98 Å². The lowest BCUT2D eigenvalue weighted by molar-refractivity contribution is -0.120. The summed E-state index contributed by atoms with van der Waals surface area (Å²) in [6, 6.07) is 4.15. The third-order valence-electron chi connectivity index (χ3n) is 5.69. The molecule has 0 aliphatic carbocycles. The van der Waals surface area contributed by atoms with Gasteiger partial charge in [0.1, 0.15) is 5.76 Å². The van der Waals surface area contributed by atoms with Gasteiger partial charge >= 0.3 is 0 Å². The SMILES string of the molecule is Cc1cc(-c2sc(N3C[C@@H](C)O[C@@H](C)C3)nc2CNC(=O)Cc2c(C)noc2C)cc(C)n1. The summed E-state index contributed by atoms with van der Waals surface area (Å²) in [6.45, 7) is 13.8. The lowest BCUT2D eigenvalue weighted by Crippen LogP contribution is -2.45. The lowest BCUT2D eigenvalue weighted by Gasteiger charge is -2.35. The molecule has 1 N–H and O–H groups in total. The van der Waals surface area contributed by atoms with E-state index in [4.69, 9.17) is 14.2 Å². The van der Waals surface area contributed by atoms with E-state index in [2.05, 4.69) is 46.3 Å². The Labute approximate surface area is 198 Å². The highest BCUT2D eigenvalue weighted by molar-refractivity contribution is 7.19. The molecule has 9 heteroatoms. The summed E-state index contributed by atoms with van der Waals surface area (Å²) in [4.78, 5) is 25.5. The number of hydrogen-bond acceptors (Lipinski definition) is 8. The minimum Gasteiger partial charge on any atom is -0.372 e. The van der Waals surface area contributed by atoms with Crippen LogP contribution in [0.4, 0.5) is 5.13 Å². The maximum absolute atomic E-state index is 12.7. The molecule has 2 atom stereocenters. The van der Waals surface area contributed by atoms with Crippen LogP contribution in [0.1, 0.15) is 47.9 Å². The average Bonchev–Trinajstić information content (AvgIpc) is 3.30. The molecule has 4 heterocycles. The fourth-order valence-electron chi connectivity index (χ4n) is 4.28. The maximum Gasteiger partial charge on any atom is 0.224 e. The maximum atomic E-state index is 12.7. The number of aromatic nitrogens is 3. The molecule has 3 aromatic rings. The van der Waals surface area contributed by atoms with Crippen LogP contribution in [0.15, 0.2) is 16.7 Å². The number of ether oxygens (including phenoxy) is 1. The molecule has 0 bridgehead atoms. The Kier molecular flexibility index (Phi) is 6.81. The molecule has 0 aromatic carbocycles. The number of anilines is 1. The Morgan fingerprint density at radius 3 is 2.39 bits per heavy atom. The van der Waals surface area contributed by atoms with Crippen molar-refractivity contribution in [2.45, 2.75) is 66.7 Å². The number of carbonyl (C=O) groups is 1. The van der Waals surface area contributed by atoms with Crippen molar-refractivity contribution >= 4 is 22.4 Å². The van der Waals surface area contributed by atoms with Crippen LogP contribution in [-0.4, -0.2) is 46.3 Å². The molecule has 1 amide bonds. The van der Waals surface area contributed by atoms with Gasteiger partial charge in [0.15, 0.2) is 5.13 Å². The number of aryl methyl sites for hydroxylation is 4. The van der Waals surface area contributed by atoms with Crippen molar-refractivity contribution in [3.05, 3.63) is 46.2 Å². The van der Waals surface area contributed by atoms with Crippen LogP contribution in [0.3, 0.4) is 0 Å². The van der Waals surface area contributed by atoms with Crippen molar-refractivity contribution < 1.29 is 14.1 Å². The van der Waals surface area contributed by atoms with Crippen molar-refractivity contribution in [2.75, 3.05) is 18.0 Å². The third-order valence-corrected chi connectivity index (χ3v) is 6.90. The molecule has 1 aliphatic rings. The largest absolute Gasteiger partial charge is 0.372 e. The Balaban J connectivity index is 1.59. The second kappa shape index (κ2) is 9.61. The highest BCUT2D eigenvalue weighted by Crippen LogP contribution is 2.36. The van der Waals surface area contributed by atoms with Gasteiger partial charge in [-0.05, 0) is 59.2 Å². The smallest absolute Gasteiger partial charge is 0.224 e. The lowest BCUT2D eigenvalue weighted by atomic mass is 10.1. The first kappa shape index (κ1) is 23.4. The number of amides is 1. The van der Waals surface area contributed by atoms with Crippen molar-refractivity contribution in [2.24, 2.45) is 0 Å². The van der Waals surface area contributed by atoms with E-state index in [9.17, 15) is 4.79 Å². The number of rotatable bonds is 6. The molecular formula is C24H31N5O3S. The van der Waals surface area contributed by atoms with Crippen molar-refractivity contribution in [1.82, 2.24) is 20.4 Å². The summed E-state index contributed by atoms with van der Waals surface area (Å²) in [6.07, 6.45) is 0.522. The first-order valence-electron chi connectivity index (χ1n) is 11.2. The van der Waals surface area contributed by atoms with Gasteiger partial charge < -0.3 is 19.5 Å². The van der Waals surface area contributed by atoms with Gasteiger partial charge in [-0.3, -0.25) is 9.78 Å². The third kappa shape index (κ3) is 5.42. The predicted octanol–water partition coefficient (Wildman–Crippen LogP) is 3.90. The second-order valence-electron chi connectivity index (χ2n) is 8.83. The quantitative estimate of drug-likeness (QED) is 0.585. The number of thiazole rings is 1. The monoisotopic (exact) mass is 469 g/mol. The van der Waals surface area contributed by atoms with Gasteiger partial charge in [0.2, 0.25) is 5.91 Å². The topological polar surface area (TPSA) is 93.4 Å². The summed E-state index contributed by atoms with van der Waals surface area (Å²) in [5.41, 5.74) is 5.44. The Hall–Kier alpha value is -2.78. The molecule has 0 saturated carbocycles. The van der Waals surface area contributed by atoms with E-state index in [1.165, 1.54) is 0 Å². The second-order valence-corrected chi connectivity index (χ2v) is 9.81. The first-order valence-corrected chi connectivity index (χ1v) is 12.1. The number of morpholine rings is 1. The first-order chi connectivity index (χ1) is 15.7. The number of pyridine rings is 1. The van der Waals surface area contributed by atoms with Crippen LogP contribution in [0, 0.1) is 27.7 Å². The Bertz CT molecular complexity index is 1110. The summed E-state index contributed by atoms with van der Waals surface area (Å²) in [7, 11) is 0. The van der Waals surface area contributed by atoms with Crippen LogP contribution in [0.25, 0.3) is 10.4 Å². The zero-order valence-electron chi connectivity index (χ0n) is 20.1. The van der Waals surface area contributed by atoms with E-state index in [-0.39, 0.29) is 24.5 Å². The van der Waals surface area contributed by atoms with Crippen molar-refractivity contribution in [3.63, 3.8) is 0 Å². The van der Waals surface area contributed by atoms with Crippen LogP contribution < -0.4 is 10.2 Å². The van der Waals surface area contributed by atoms with Crippen LogP contribution in [0.5, 0.6) is 0 Å². The number of hydrogen-bond donors (Lipinski definition) is 1. The van der Waals surface area contributed by atoms with Gasteiger partial charge in [0, 0.05) is 30.0 Å². The van der Waals surface area contributed by atoms with Gasteiger partial charge in [0.05, 0.1) is 41.4 Å². The summed E-state index contributed by atoms with van der Waals surface area (Å²) in [5, 5.41) is 7.93. The number of nitrogens with zero attached hydrogens (tertiary/aromatic N) is 4. The predicted molar refractivity (Wildman–Crippen MR) is 129 cm³/mol. The summed E-state index contributed by atoms with van der Waals surface area (Å²) in [5.74, 6) is 0.596.